The predicted octanol–water partition coefficient (Wildman–Crippen LogP) is 0.761. The van der Waals surface area contributed by atoms with E-state index in [0.717, 1.165) is 58.8 Å². The standard InChI is InChI=1S/C14H25N3O2.2ClH/c1-11-9-17(14(18)12-3-2-4-15-12)10-13(11)16-5-7-19-8-6-16;;/h11-13,15H,2-10H2,1H3;2*1H. The van der Waals surface area contributed by atoms with Crippen molar-refractivity contribution in [3.8, 4) is 0 Å². The minimum atomic E-state index is 0. The summed E-state index contributed by atoms with van der Waals surface area (Å²) in [6, 6.07) is 0.602. The largest absolute Gasteiger partial charge is 0.379 e. The fraction of sp³-hybridized carbons (Fsp3) is 0.929. The highest BCUT2D eigenvalue weighted by Gasteiger charge is 2.38. The van der Waals surface area contributed by atoms with E-state index in [1.807, 2.05) is 0 Å². The SMILES string of the molecule is CC1CN(C(=O)C2CCCN2)CC1N1CCOCC1.Cl.Cl. The number of hydrogen-bond acceptors (Lipinski definition) is 4. The van der Waals surface area contributed by atoms with Crippen LogP contribution in [0.15, 0.2) is 0 Å². The molecule has 3 aliphatic rings. The van der Waals surface area contributed by atoms with Crippen LogP contribution in [-0.2, 0) is 9.53 Å². The molecule has 0 aromatic rings. The van der Waals surface area contributed by atoms with Gasteiger partial charge in [-0.3, -0.25) is 9.69 Å². The van der Waals surface area contributed by atoms with Crippen LogP contribution in [0.4, 0.5) is 0 Å². The second-order valence-electron chi connectivity index (χ2n) is 6.09. The van der Waals surface area contributed by atoms with E-state index in [2.05, 4.69) is 22.0 Å². The molecule has 3 heterocycles. The summed E-state index contributed by atoms with van der Waals surface area (Å²) in [4.78, 5) is 17.0. The molecule has 0 spiro atoms. The average molecular weight is 340 g/mol. The molecule has 124 valence electrons. The number of morpholine rings is 1. The highest BCUT2D eigenvalue weighted by atomic mass is 35.5. The molecule has 0 saturated carbocycles. The van der Waals surface area contributed by atoms with E-state index in [1.54, 1.807) is 0 Å². The van der Waals surface area contributed by atoms with E-state index in [-0.39, 0.29) is 30.9 Å². The molecule has 0 aromatic carbocycles. The minimum Gasteiger partial charge on any atom is -0.379 e. The third-order valence-electron chi connectivity index (χ3n) is 4.76. The van der Waals surface area contributed by atoms with Crippen molar-refractivity contribution in [1.29, 1.82) is 0 Å². The molecule has 1 N–H and O–H groups in total. The van der Waals surface area contributed by atoms with Gasteiger partial charge in [-0.1, -0.05) is 6.92 Å². The van der Waals surface area contributed by atoms with Crippen molar-refractivity contribution in [3.63, 3.8) is 0 Å². The van der Waals surface area contributed by atoms with Crippen LogP contribution >= 0.6 is 24.8 Å². The highest BCUT2D eigenvalue weighted by molar-refractivity contribution is 5.85. The molecule has 0 bridgehead atoms. The first-order valence-corrected chi connectivity index (χ1v) is 7.59. The predicted molar refractivity (Wildman–Crippen MR) is 87.4 cm³/mol. The lowest BCUT2D eigenvalue weighted by atomic mass is 10.0. The number of amides is 1. The molecule has 3 aliphatic heterocycles. The minimum absolute atomic E-state index is 0. The first kappa shape index (κ1) is 19.0. The maximum absolute atomic E-state index is 12.4. The lowest BCUT2D eigenvalue weighted by Crippen LogP contribution is -2.48. The van der Waals surface area contributed by atoms with E-state index < -0.39 is 0 Å². The average Bonchev–Trinajstić information content (AvgIpc) is 3.08. The van der Waals surface area contributed by atoms with Gasteiger partial charge in [-0.2, -0.15) is 0 Å². The number of carbonyl (C=O) groups is 1. The van der Waals surface area contributed by atoms with E-state index in [1.165, 1.54) is 0 Å². The molecule has 3 atom stereocenters. The zero-order valence-electron chi connectivity index (χ0n) is 12.6. The lowest BCUT2D eigenvalue weighted by molar-refractivity contribution is -0.132. The molecular weight excluding hydrogens is 313 g/mol. The highest BCUT2D eigenvalue weighted by Crippen LogP contribution is 2.24. The van der Waals surface area contributed by atoms with Crippen molar-refractivity contribution in [2.75, 3.05) is 45.9 Å². The second-order valence-corrected chi connectivity index (χ2v) is 6.09. The van der Waals surface area contributed by atoms with Crippen LogP contribution in [0.2, 0.25) is 0 Å². The van der Waals surface area contributed by atoms with E-state index >= 15 is 0 Å². The van der Waals surface area contributed by atoms with E-state index in [4.69, 9.17) is 4.74 Å². The molecule has 0 aliphatic carbocycles. The zero-order chi connectivity index (χ0) is 13.2. The van der Waals surface area contributed by atoms with Crippen LogP contribution in [0, 0.1) is 5.92 Å². The molecule has 3 rings (SSSR count). The molecule has 3 unspecified atom stereocenters. The molecule has 0 aromatic heterocycles. The summed E-state index contributed by atoms with van der Waals surface area (Å²) < 4.78 is 5.42. The molecule has 21 heavy (non-hydrogen) atoms. The van der Waals surface area contributed by atoms with E-state index in [9.17, 15) is 4.79 Å². The van der Waals surface area contributed by atoms with Crippen LogP contribution < -0.4 is 5.32 Å². The summed E-state index contributed by atoms with van der Waals surface area (Å²) >= 11 is 0. The topological polar surface area (TPSA) is 44.8 Å². The summed E-state index contributed by atoms with van der Waals surface area (Å²) in [5, 5.41) is 3.32. The monoisotopic (exact) mass is 339 g/mol. The van der Waals surface area contributed by atoms with Crippen molar-refractivity contribution < 1.29 is 9.53 Å². The number of nitrogens with zero attached hydrogens (tertiary/aromatic N) is 2. The number of likely N-dealkylation sites (tertiary alicyclic amines) is 1. The Morgan fingerprint density at radius 2 is 1.90 bits per heavy atom. The second kappa shape index (κ2) is 8.53. The van der Waals surface area contributed by atoms with Gasteiger partial charge in [0, 0.05) is 32.2 Å². The smallest absolute Gasteiger partial charge is 0.239 e. The van der Waals surface area contributed by atoms with Crippen LogP contribution in [0.1, 0.15) is 19.8 Å². The van der Waals surface area contributed by atoms with Gasteiger partial charge in [-0.15, -0.1) is 24.8 Å². The van der Waals surface area contributed by atoms with Crippen molar-refractivity contribution in [3.05, 3.63) is 0 Å². The number of hydrogen-bond donors (Lipinski definition) is 1. The lowest BCUT2D eigenvalue weighted by Gasteiger charge is -2.34. The zero-order valence-corrected chi connectivity index (χ0v) is 14.3. The Labute approximate surface area is 139 Å². The molecule has 3 fully saturated rings. The normalized spacial score (nSPS) is 33.4. The summed E-state index contributed by atoms with van der Waals surface area (Å²) in [7, 11) is 0. The fourth-order valence-corrected chi connectivity index (χ4v) is 3.63. The number of halogens is 2. The van der Waals surface area contributed by atoms with E-state index in [0.29, 0.717) is 17.9 Å². The van der Waals surface area contributed by atoms with Gasteiger partial charge in [-0.25, -0.2) is 0 Å². The maximum atomic E-state index is 12.4. The van der Waals surface area contributed by atoms with Crippen LogP contribution in [0.3, 0.4) is 0 Å². The first-order chi connectivity index (χ1) is 9.25. The maximum Gasteiger partial charge on any atom is 0.239 e. The summed E-state index contributed by atoms with van der Waals surface area (Å²) in [6.45, 7) is 8.78. The Morgan fingerprint density at radius 1 is 1.19 bits per heavy atom. The molecule has 5 nitrogen and oxygen atoms in total. The van der Waals surface area contributed by atoms with Gasteiger partial charge in [0.2, 0.25) is 5.91 Å². The Morgan fingerprint density at radius 3 is 2.52 bits per heavy atom. The number of rotatable bonds is 2. The Bertz CT molecular complexity index is 334. The molecule has 0 radical (unpaired) electrons. The van der Waals surface area contributed by atoms with Gasteiger partial charge >= 0.3 is 0 Å². The summed E-state index contributed by atoms with van der Waals surface area (Å²) in [6.07, 6.45) is 2.14. The summed E-state index contributed by atoms with van der Waals surface area (Å²) in [5.74, 6) is 0.892. The van der Waals surface area contributed by atoms with Gasteiger partial charge in [0.15, 0.2) is 0 Å². The molecule has 1 amide bonds. The Hall–Kier alpha value is -0.0700. The third-order valence-corrected chi connectivity index (χ3v) is 4.76. The molecule has 7 heteroatoms. The van der Waals surface area contributed by atoms with Crippen molar-refractivity contribution >= 4 is 30.7 Å². The van der Waals surface area contributed by atoms with Gasteiger partial charge < -0.3 is 15.0 Å². The number of ether oxygens (including phenoxy) is 1. The third kappa shape index (κ3) is 4.23. The Kier molecular flexibility index (Phi) is 7.71. The van der Waals surface area contributed by atoms with Gasteiger partial charge in [0.05, 0.1) is 19.3 Å². The molecule has 3 saturated heterocycles. The molecular formula is C14H27Cl2N3O2. The first-order valence-electron chi connectivity index (χ1n) is 7.59. The Balaban J connectivity index is 0.00000110. The van der Waals surface area contributed by atoms with Gasteiger partial charge in [-0.05, 0) is 25.3 Å². The summed E-state index contributed by atoms with van der Waals surface area (Å²) in [5.41, 5.74) is 0. The van der Waals surface area contributed by atoms with Crippen LogP contribution in [-0.4, -0.2) is 73.7 Å². The van der Waals surface area contributed by atoms with Crippen LogP contribution in [0.25, 0.3) is 0 Å². The number of nitrogens with one attached hydrogen (secondary N) is 1. The quantitative estimate of drug-likeness (QED) is 0.806. The fourth-order valence-electron chi connectivity index (χ4n) is 3.63. The van der Waals surface area contributed by atoms with Crippen molar-refractivity contribution in [2.24, 2.45) is 5.92 Å². The van der Waals surface area contributed by atoms with Gasteiger partial charge in [0.1, 0.15) is 0 Å². The van der Waals surface area contributed by atoms with Crippen molar-refractivity contribution in [2.45, 2.75) is 31.8 Å². The van der Waals surface area contributed by atoms with Gasteiger partial charge in [0.25, 0.3) is 0 Å². The van der Waals surface area contributed by atoms with Crippen molar-refractivity contribution in [1.82, 2.24) is 15.1 Å². The van der Waals surface area contributed by atoms with Crippen LogP contribution in [0.5, 0.6) is 0 Å². The number of carbonyl (C=O) groups excluding carboxylic acids is 1.